The Hall–Kier alpha value is -6.40. The fourth-order valence-electron chi connectivity index (χ4n) is 9.68. The molecular weight excluding hydrogens is 1500 g/mol. The van der Waals surface area contributed by atoms with Crippen molar-refractivity contribution >= 4 is 125 Å². The molecule has 7 N–H and O–H groups in total. The van der Waals surface area contributed by atoms with Gasteiger partial charge in [-0.15, -0.1) is 0 Å². The van der Waals surface area contributed by atoms with E-state index in [0.717, 1.165) is 28.0 Å². The molecule has 0 radical (unpaired) electrons. The van der Waals surface area contributed by atoms with Crippen LogP contribution in [0.4, 0.5) is 0 Å². The summed E-state index contributed by atoms with van der Waals surface area (Å²) in [5.41, 5.74) is 4.91. The van der Waals surface area contributed by atoms with Crippen LogP contribution in [-0.2, 0) is 93.1 Å². The first kappa shape index (κ1) is 114. The molecule has 1 unspecified atom stereocenters. The molecule has 0 aliphatic carbocycles. The average Bonchev–Trinajstić information content (AvgIpc) is 0.863. The quantitative estimate of drug-likeness (QED) is 0.0405. The zero-order chi connectivity index (χ0) is 72.3. The molecule has 4 heterocycles. The van der Waals surface area contributed by atoms with Gasteiger partial charge < -0.3 is 81.1 Å². The summed E-state index contributed by atoms with van der Waals surface area (Å²) in [6, 6.07) is 25.3. The number of aliphatic hydroxyl groups excluding tert-OH is 1. The van der Waals surface area contributed by atoms with Crippen molar-refractivity contribution in [3.8, 4) is 0 Å². The number of carbonyl (C=O) groups is 9. The van der Waals surface area contributed by atoms with Crippen molar-refractivity contribution in [2.24, 2.45) is 0 Å². The predicted molar refractivity (Wildman–Crippen MR) is 451 cm³/mol. The first-order chi connectivity index (χ1) is 48.4. The van der Waals surface area contributed by atoms with Gasteiger partial charge >= 0.3 is 18.9 Å². The summed E-state index contributed by atoms with van der Waals surface area (Å²) < 4.78 is 43.8. The number of hydroxylamine groups is 2. The van der Waals surface area contributed by atoms with Crippen molar-refractivity contribution in [1.82, 2.24) is 37.0 Å². The number of rotatable bonds is 9. The third kappa shape index (κ3) is 43.6. The Morgan fingerprint density at radius 1 is 0.473 bits per heavy atom. The zero-order valence-electron chi connectivity index (χ0n) is 61.9. The number of hydrogen-bond acceptors (Lipinski definition) is 19. The number of carbonyl (C=O) groups excluding carboxylic acids is 9. The van der Waals surface area contributed by atoms with Crippen LogP contribution in [0.3, 0.4) is 0 Å². The van der Waals surface area contributed by atoms with Gasteiger partial charge in [0.1, 0.15) is 18.4 Å². The Balaban J connectivity index is -0.000000252. The average molecular weight is 1630 g/mol. The number of Topliss-reactive ketones (excluding diaryl/α,β-unsaturated/α-hetero) is 1. The number of aliphatic hydroxyl groups is 1. The second-order valence-corrected chi connectivity index (χ2v) is 23.4. The van der Waals surface area contributed by atoms with E-state index in [0.29, 0.717) is 140 Å². The number of nitrogens with zero attached hydrogens (tertiary/aromatic N) is 1. The van der Waals surface area contributed by atoms with E-state index in [1.807, 2.05) is 80.6 Å². The van der Waals surface area contributed by atoms with Gasteiger partial charge in [-0.1, -0.05) is 151 Å². The van der Waals surface area contributed by atoms with E-state index in [1.165, 1.54) is 14.2 Å². The first-order valence-electron chi connectivity index (χ1n) is 33.3. The maximum absolute atomic E-state index is 12.8. The molecule has 110 heavy (non-hydrogen) atoms. The monoisotopic (exact) mass is 1630 g/mol. The summed E-state index contributed by atoms with van der Waals surface area (Å²) in [4.78, 5) is 116. The number of nitrogens with one attached hydrogen (secondary N) is 6. The van der Waals surface area contributed by atoms with Crippen LogP contribution in [0.15, 0.2) is 146 Å². The van der Waals surface area contributed by atoms with Gasteiger partial charge in [0.25, 0.3) is 41.4 Å². The molecule has 5 atom stereocenters. The number of ether oxygens (including phenoxy) is 8. The van der Waals surface area contributed by atoms with Gasteiger partial charge in [0.2, 0.25) is 5.78 Å². The van der Waals surface area contributed by atoms with E-state index in [2.05, 4.69) is 31.9 Å². The molecule has 32 heteroatoms. The first-order valence-corrected chi connectivity index (χ1v) is 33.3. The van der Waals surface area contributed by atoms with Crippen LogP contribution in [0.25, 0.3) is 0 Å². The number of ketones is 1. The Bertz CT molecular complexity index is 3410. The molecule has 0 aromatic heterocycles. The Morgan fingerprint density at radius 2 is 0.782 bits per heavy atom. The summed E-state index contributed by atoms with van der Waals surface area (Å²) in [6.45, 7) is 13.6. The molecule has 4 aliphatic heterocycles. The maximum Gasteiger partial charge on any atom is 1.00 e. The summed E-state index contributed by atoms with van der Waals surface area (Å²) >= 11 is 0. The van der Waals surface area contributed by atoms with Crippen molar-refractivity contribution in [2.45, 2.75) is 152 Å². The number of hydrogen-bond donors (Lipinski definition) is 7. The fourth-order valence-corrected chi connectivity index (χ4v) is 9.68. The molecule has 7 amide bonds. The molecule has 0 bridgehead atoms. The third-order valence-electron chi connectivity index (χ3n) is 14.9. The van der Waals surface area contributed by atoms with E-state index in [-0.39, 0.29) is 177 Å². The minimum absolute atomic E-state index is 0. The van der Waals surface area contributed by atoms with E-state index in [4.69, 9.17) is 42.7 Å². The van der Waals surface area contributed by atoms with E-state index in [1.54, 1.807) is 92.7 Å². The van der Waals surface area contributed by atoms with Crippen molar-refractivity contribution in [3.05, 3.63) is 190 Å². The largest absolute Gasteiger partial charge is 1.00 e. The van der Waals surface area contributed by atoms with E-state index >= 15 is 0 Å². The molecule has 26 nitrogen and oxygen atoms in total. The number of likely N-dealkylation sites (N-methyl/N-ethyl adjacent to an activating group) is 1. The van der Waals surface area contributed by atoms with Gasteiger partial charge in [-0.3, -0.25) is 43.2 Å². The Kier molecular flexibility index (Phi) is 69.9. The molecule has 4 aromatic rings. The van der Waals surface area contributed by atoms with Crippen LogP contribution in [0.2, 0.25) is 0 Å². The standard InChI is InChI=1S/C20H28N2O5.C20H26N2O5.C18H24N2O5.C16H19NO4.4CH4.Al.Li.4H2S.4H/c2*1-14(2)21-20(25)18(23)17-9-5-6-10-26-11-12-27-13-15-7-3-4-8-16(15)19(24)22-17;1-20(23-2)18(22)16-9-5-6-10-24-11-12-25-13-14-7-3-4-8-15(14)17(21)19-16;18-11-14-6-3-4-8-20-9-10-21-12-13-5-1-2-7-15(13)16(19)17-14;;;;;;;;;;;;;;/h3-8,14,17-18,23H,9-13H2,1-2H3,(H,21,25)(H,22,24);3-8,14,17H,9-13H2,1-2H3,(H,21,25)(H,22,24);3-8,16H,9-13H2,1-2H3,(H,19,21);1-5,7,11,14H,6,8-10,12H2,(H,17,19);4*1H4;;;4*1H2;;;;/q;;;;;;;;;+1;;;;;;;;-1/b3*6-5-;4-3-;;;;;;;;;;;;;;/t17-,18?;17-;16-;14-;;;;;;;;;;;;;;/m0000............../s1. The van der Waals surface area contributed by atoms with Gasteiger partial charge in [0, 0.05) is 41.4 Å². The van der Waals surface area contributed by atoms with Gasteiger partial charge in [-0.2, -0.15) is 54.0 Å². The summed E-state index contributed by atoms with van der Waals surface area (Å²) in [5, 5.41) is 27.8. The van der Waals surface area contributed by atoms with Gasteiger partial charge in [-0.05, 0) is 99.9 Å². The zero-order valence-corrected chi connectivity index (χ0v) is 64.9. The summed E-state index contributed by atoms with van der Waals surface area (Å²) in [7, 11) is 2.91. The van der Waals surface area contributed by atoms with Crippen molar-refractivity contribution in [2.75, 3.05) is 93.4 Å². The van der Waals surface area contributed by atoms with Crippen LogP contribution in [0.5, 0.6) is 0 Å². The number of aldehydes is 1. The third-order valence-corrected chi connectivity index (χ3v) is 14.9. The topological polar surface area (TPSA) is 332 Å². The number of benzene rings is 4. The van der Waals surface area contributed by atoms with Gasteiger partial charge in [-0.25, -0.2) is 5.06 Å². The number of amides is 7. The second-order valence-electron chi connectivity index (χ2n) is 23.4. The van der Waals surface area contributed by atoms with E-state index in [9.17, 15) is 48.3 Å². The molecule has 8 rings (SSSR count). The molecule has 4 aromatic carbocycles. The SMILES string of the molecule is C.C.C.C.CC(C)NC(=O)C(=O)[C@@H]1C/C=C\COCCOCc2ccccc2C(=O)N1.CC(C)NC(=O)C(O)[C@@H]1C/C=C\COCCOCc2ccccc2C(=O)N1.CON(C)C(=O)[C@@H]1C/C=C\COCCOCc2ccccc2C(=O)N1.O=C[C@@H]1C/C=C\COCCOCc2ccccc2C(=O)N1.S.S.S.S.[AlH3].[H-].[Li+]. The van der Waals surface area contributed by atoms with Crippen LogP contribution >= 0.6 is 54.0 Å². The maximum atomic E-state index is 12.8. The van der Waals surface area contributed by atoms with Crippen LogP contribution in [0, 0.1) is 0 Å². The van der Waals surface area contributed by atoms with Crippen molar-refractivity contribution in [1.29, 1.82) is 0 Å². The summed E-state index contributed by atoms with van der Waals surface area (Å²) in [5.74, 6) is -3.57. The Morgan fingerprint density at radius 3 is 1.14 bits per heavy atom. The molecule has 4 aliphatic rings. The van der Waals surface area contributed by atoms with Gasteiger partial charge in [0.15, 0.2) is 23.5 Å². The molecular formula is C78H125AlLiN7O19S4. The Labute approximate surface area is 703 Å². The molecule has 0 fully saturated rings. The normalized spacial score (nSPS) is 19.2. The van der Waals surface area contributed by atoms with Gasteiger partial charge in [0.05, 0.1) is 125 Å². The van der Waals surface area contributed by atoms with Crippen LogP contribution in [-0.4, -0.2) is 217 Å². The van der Waals surface area contributed by atoms with E-state index < -0.39 is 53.8 Å². The molecule has 0 spiro atoms. The van der Waals surface area contributed by atoms with Crippen LogP contribution in [0.1, 0.15) is 148 Å². The molecule has 0 saturated carbocycles. The van der Waals surface area contributed by atoms with Crippen LogP contribution < -0.4 is 50.8 Å². The molecule has 0 saturated heterocycles. The number of fused-ring (bicyclic) bond motifs is 4. The van der Waals surface area contributed by atoms with Crippen molar-refractivity contribution in [3.63, 3.8) is 0 Å². The minimum atomic E-state index is -1.36. The van der Waals surface area contributed by atoms with Crippen molar-refractivity contribution < 1.29 is 111 Å². The smallest absolute Gasteiger partial charge is 1.00 e. The summed E-state index contributed by atoms with van der Waals surface area (Å²) in [6.07, 6.45) is 15.1. The fraction of sp³-hybridized carbons (Fsp3) is 0.474. The second kappa shape index (κ2) is 67.1. The minimum Gasteiger partial charge on any atom is -1.00 e. The molecule has 614 valence electrons. The predicted octanol–water partition coefficient (Wildman–Crippen LogP) is 4.24.